The molecule has 0 bridgehead atoms. The summed E-state index contributed by atoms with van der Waals surface area (Å²) >= 11 is 0. The fourth-order valence-corrected chi connectivity index (χ4v) is 5.69. The van der Waals surface area contributed by atoms with Gasteiger partial charge in [0.2, 0.25) is 0 Å². The summed E-state index contributed by atoms with van der Waals surface area (Å²) in [7, 11) is 0. The van der Waals surface area contributed by atoms with E-state index >= 15 is 0 Å². The van der Waals surface area contributed by atoms with Gasteiger partial charge >= 0.3 is 0 Å². The fourth-order valence-electron chi connectivity index (χ4n) is 5.69. The highest BCUT2D eigenvalue weighted by molar-refractivity contribution is 5.75. The van der Waals surface area contributed by atoms with Crippen LogP contribution < -0.4 is 0 Å². The maximum absolute atomic E-state index is 11.9. The Hall–Kier alpha value is -4.85. The van der Waals surface area contributed by atoms with Crippen molar-refractivity contribution in [3.63, 3.8) is 0 Å². The summed E-state index contributed by atoms with van der Waals surface area (Å²) in [5.41, 5.74) is 7.54. The molecule has 0 aliphatic carbocycles. The van der Waals surface area contributed by atoms with Gasteiger partial charge in [0.05, 0.1) is 11.1 Å². The number of nitrogens with zero attached hydrogens (tertiary/aromatic N) is 5. The van der Waals surface area contributed by atoms with E-state index in [0.717, 1.165) is 33.4 Å². The average molecular weight is 616 g/mol. The number of rotatable bonds is 15. The first-order valence-corrected chi connectivity index (χ1v) is 15.5. The molecule has 4 aromatic rings. The first-order valence-electron chi connectivity index (χ1n) is 15.5. The molecule has 0 amide bonds. The number of aromatic nitrogens is 3. The van der Waals surface area contributed by atoms with E-state index in [1.54, 1.807) is 18.2 Å². The van der Waals surface area contributed by atoms with Crippen molar-refractivity contribution in [1.82, 2.24) is 24.8 Å². The van der Waals surface area contributed by atoms with Gasteiger partial charge in [-0.1, -0.05) is 71.8 Å². The molecule has 0 aliphatic heterocycles. The molecule has 1 heterocycles. The minimum Gasteiger partial charge on any atom is -0.507 e. The lowest BCUT2D eigenvalue weighted by atomic mass is 9.99. The van der Waals surface area contributed by atoms with Gasteiger partial charge in [-0.15, -0.1) is 26.3 Å². The molecule has 7 heteroatoms. The highest BCUT2D eigenvalue weighted by atomic mass is 16.3. The summed E-state index contributed by atoms with van der Waals surface area (Å²) in [4.78, 5) is 19.0. The van der Waals surface area contributed by atoms with Gasteiger partial charge in [0.1, 0.15) is 11.5 Å². The first kappa shape index (κ1) is 34.0. The van der Waals surface area contributed by atoms with Gasteiger partial charge in [-0.2, -0.15) is 0 Å². The normalized spacial score (nSPS) is 11.2. The quantitative estimate of drug-likeness (QED) is 0.132. The third-order valence-electron chi connectivity index (χ3n) is 7.90. The summed E-state index contributed by atoms with van der Waals surface area (Å²) in [5, 5.41) is 23.5. The highest BCUT2D eigenvalue weighted by Gasteiger charge is 2.24. The van der Waals surface area contributed by atoms with Crippen molar-refractivity contribution in [2.24, 2.45) is 0 Å². The molecule has 7 nitrogen and oxygen atoms in total. The predicted molar refractivity (Wildman–Crippen MR) is 190 cm³/mol. The topological polar surface area (TPSA) is 85.6 Å². The SMILES string of the molecule is C=CCN(CC=C)Cc1cc(-c2nc(-c3ccc(C)cc3C)nc(-c3ccc(C)cc3C)n2)c(O)c(CN(CC=C)CC=C)c1O. The Labute approximate surface area is 273 Å². The van der Waals surface area contributed by atoms with Crippen LogP contribution in [0, 0.1) is 27.7 Å². The van der Waals surface area contributed by atoms with E-state index in [2.05, 4.69) is 57.2 Å². The molecular formula is C39H45N5O2. The van der Waals surface area contributed by atoms with Crippen LogP contribution in [0.3, 0.4) is 0 Å². The van der Waals surface area contributed by atoms with Crippen LogP contribution in [0.5, 0.6) is 11.5 Å². The molecular weight excluding hydrogens is 570 g/mol. The van der Waals surface area contributed by atoms with E-state index in [9.17, 15) is 10.2 Å². The van der Waals surface area contributed by atoms with Crippen LogP contribution in [0.1, 0.15) is 33.4 Å². The summed E-state index contributed by atoms with van der Waals surface area (Å²) in [6.45, 7) is 26.7. The Morgan fingerprint density at radius 2 is 0.978 bits per heavy atom. The monoisotopic (exact) mass is 615 g/mol. The van der Waals surface area contributed by atoms with Gasteiger partial charge < -0.3 is 10.2 Å². The van der Waals surface area contributed by atoms with Gasteiger partial charge in [-0.3, -0.25) is 9.80 Å². The molecule has 0 saturated heterocycles. The maximum Gasteiger partial charge on any atom is 0.167 e. The Bertz CT molecular complexity index is 1670. The summed E-state index contributed by atoms with van der Waals surface area (Å²) in [6.07, 6.45) is 7.21. The van der Waals surface area contributed by atoms with Gasteiger partial charge in [0.15, 0.2) is 17.5 Å². The van der Waals surface area contributed by atoms with Crippen LogP contribution in [-0.2, 0) is 13.1 Å². The van der Waals surface area contributed by atoms with Gasteiger partial charge in [-0.05, 0) is 44.9 Å². The minimum atomic E-state index is -0.0808. The lowest BCUT2D eigenvalue weighted by Gasteiger charge is -2.25. The van der Waals surface area contributed by atoms with Crippen molar-refractivity contribution in [3.05, 3.63) is 126 Å². The molecule has 2 N–H and O–H groups in total. The Kier molecular flexibility index (Phi) is 11.4. The number of phenols is 2. The molecule has 3 aromatic carbocycles. The molecule has 238 valence electrons. The van der Waals surface area contributed by atoms with Crippen LogP contribution in [0.2, 0.25) is 0 Å². The maximum atomic E-state index is 11.9. The van der Waals surface area contributed by atoms with Crippen molar-refractivity contribution < 1.29 is 10.2 Å². The molecule has 4 rings (SSSR count). The standard InChI is InChI=1S/C39H45N5O2/c1-9-17-43(18-10-2)24-30-23-33(36(46)34(35(30)45)25-44(19-11-3)20-12-4)39-41-37(31-15-13-26(5)21-28(31)7)40-38(42-39)32-16-14-27(6)22-29(32)8/h9-16,21-23,45-46H,1-4,17-20,24-25H2,5-8H3. The van der Waals surface area contributed by atoms with E-state index in [1.807, 2.05) is 55.2 Å². The van der Waals surface area contributed by atoms with Crippen molar-refractivity contribution >= 4 is 0 Å². The predicted octanol–water partition coefficient (Wildman–Crippen LogP) is 7.87. The molecule has 0 saturated carbocycles. The average Bonchev–Trinajstić information content (AvgIpc) is 3.00. The lowest BCUT2D eigenvalue weighted by Crippen LogP contribution is -2.25. The smallest absolute Gasteiger partial charge is 0.167 e. The molecule has 0 spiro atoms. The number of phenolic OH excluding ortho intramolecular Hbond substituents is 2. The van der Waals surface area contributed by atoms with E-state index in [-0.39, 0.29) is 18.0 Å². The zero-order valence-corrected chi connectivity index (χ0v) is 27.6. The molecule has 0 fully saturated rings. The van der Waals surface area contributed by atoms with Gasteiger partial charge in [-0.25, -0.2) is 15.0 Å². The number of aromatic hydroxyl groups is 2. The Balaban J connectivity index is 2.02. The van der Waals surface area contributed by atoms with E-state index in [4.69, 9.17) is 15.0 Å². The number of hydrogen-bond acceptors (Lipinski definition) is 7. The third kappa shape index (κ3) is 7.86. The van der Waals surface area contributed by atoms with Gasteiger partial charge in [0.25, 0.3) is 0 Å². The Morgan fingerprint density at radius 3 is 1.39 bits per heavy atom. The van der Waals surface area contributed by atoms with Crippen molar-refractivity contribution in [3.8, 4) is 45.7 Å². The minimum absolute atomic E-state index is 0.0239. The molecule has 1 aromatic heterocycles. The Morgan fingerprint density at radius 1 is 0.565 bits per heavy atom. The van der Waals surface area contributed by atoms with Crippen molar-refractivity contribution in [2.45, 2.75) is 40.8 Å². The van der Waals surface area contributed by atoms with Crippen LogP contribution in [0.4, 0.5) is 0 Å². The third-order valence-corrected chi connectivity index (χ3v) is 7.90. The largest absolute Gasteiger partial charge is 0.507 e. The van der Waals surface area contributed by atoms with E-state index in [1.165, 1.54) is 0 Å². The van der Waals surface area contributed by atoms with Crippen LogP contribution in [0.15, 0.2) is 93.1 Å². The number of hydrogen-bond donors (Lipinski definition) is 2. The second-order valence-corrected chi connectivity index (χ2v) is 11.7. The lowest BCUT2D eigenvalue weighted by molar-refractivity contribution is 0.303. The molecule has 0 aliphatic rings. The molecule has 46 heavy (non-hydrogen) atoms. The zero-order chi connectivity index (χ0) is 33.4. The van der Waals surface area contributed by atoms with Crippen LogP contribution >= 0.6 is 0 Å². The van der Waals surface area contributed by atoms with Crippen LogP contribution in [0.25, 0.3) is 34.2 Å². The zero-order valence-electron chi connectivity index (χ0n) is 27.6. The second kappa shape index (κ2) is 15.4. The highest BCUT2D eigenvalue weighted by Crippen LogP contribution is 2.41. The first-order chi connectivity index (χ1) is 22.1. The van der Waals surface area contributed by atoms with Crippen molar-refractivity contribution in [1.29, 1.82) is 0 Å². The van der Waals surface area contributed by atoms with Crippen LogP contribution in [-0.4, -0.2) is 61.1 Å². The van der Waals surface area contributed by atoms with E-state index in [0.29, 0.717) is 66.9 Å². The molecule has 0 atom stereocenters. The summed E-state index contributed by atoms with van der Waals surface area (Å²) < 4.78 is 0. The second-order valence-electron chi connectivity index (χ2n) is 11.7. The number of aryl methyl sites for hydroxylation is 4. The number of benzene rings is 3. The molecule has 0 unspecified atom stereocenters. The fraction of sp³-hybridized carbons (Fsp3) is 0.256. The summed E-state index contributed by atoms with van der Waals surface area (Å²) in [6, 6.07) is 14.1. The van der Waals surface area contributed by atoms with E-state index < -0.39 is 0 Å². The summed E-state index contributed by atoms with van der Waals surface area (Å²) in [5.74, 6) is 1.28. The molecule has 0 radical (unpaired) electrons. The van der Waals surface area contributed by atoms with Crippen molar-refractivity contribution in [2.75, 3.05) is 26.2 Å². The van der Waals surface area contributed by atoms with Gasteiger partial charge in [0, 0.05) is 56.0 Å².